The van der Waals surface area contributed by atoms with E-state index in [4.69, 9.17) is 4.74 Å². The fourth-order valence-corrected chi connectivity index (χ4v) is 2.61. The number of pyridine rings is 1. The Bertz CT molecular complexity index is 379. The Morgan fingerprint density at radius 1 is 1.39 bits per heavy atom. The summed E-state index contributed by atoms with van der Waals surface area (Å²) < 4.78 is 5.79. The fraction of sp³-hybridized carbons (Fsp3) is 0.667. The Hall–Kier alpha value is -1.25. The first-order valence-corrected chi connectivity index (χ1v) is 7.03. The van der Waals surface area contributed by atoms with E-state index in [0.29, 0.717) is 6.04 Å². The highest BCUT2D eigenvalue weighted by molar-refractivity contribution is 5.50. The van der Waals surface area contributed by atoms with Gasteiger partial charge in [0.2, 0.25) is 0 Å². The van der Waals surface area contributed by atoms with Gasteiger partial charge in [-0.05, 0) is 44.7 Å². The topological polar surface area (TPSA) is 34.2 Å². The van der Waals surface area contributed by atoms with Gasteiger partial charge in [-0.15, -0.1) is 0 Å². The minimum Gasteiger partial charge on any atom is -0.487 e. The van der Waals surface area contributed by atoms with Gasteiger partial charge >= 0.3 is 0 Å². The molecular formula is C15H24N2O. The lowest BCUT2D eigenvalue weighted by Crippen LogP contribution is -2.27. The average Bonchev–Trinajstić information content (AvgIpc) is 2.31. The van der Waals surface area contributed by atoms with Crippen LogP contribution in [0.3, 0.4) is 0 Å². The van der Waals surface area contributed by atoms with Gasteiger partial charge in [0, 0.05) is 12.2 Å². The molecule has 1 N–H and O–H groups in total. The van der Waals surface area contributed by atoms with Crippen LogP contribution in [-0.2, 0) is 0 Å². The Balaban J connectivity index is 2.03. The van der Waals surface area contributed by atoms with Gasteiger partial charge in [-0.3, -0.25) is 0 Å². The Morgan fingerprint density at radius 2 is 2.22 bits per heavy atom. The van der Waals surface area contributed by atoms with Crippen LogP contribution in [-0.4, -0.2) is 17.1 Å². The van der Waals surface area contributed by atoms with Crippen LogP contribution in [0, 0.1) is 5.92 Å². The van der Waals surface area contributed by atoms with Crippen molar-refractivity contribution in [3.8, 4) is 5.75 Å². The zero-order valence-electron chi connectivity index (χ0n) is 11.6. The number of hydrogen-bond acceptors (Lipinski definition) is 3. The third-order valence-corrected chi connectivity index (χ3v) is 3.41. The van der Waals surface area contributed by atoms with Crippen molar-refractivity contribution in [2.24, 2.45) is 5.92 Å². The monoisotopic (exact) mass is 248 g/mol. The molecule has 1 aliphatic carbocycles. The van der Waals surface area contributed by atoms with E-state index in [0.717, 1.165) is 17.5 Å². The van der Waals surface area contributed by atoms with Gasteiger partial charge in [0.1, 0.15) is 0 Å². The molecule has 3 nitrogen and oxygen atoms in total. The highest BCUT2D eigenvalue weighted by atomic mass is 16.5. The lowest BCUT2D eigenvalue weighted by molar-refractivity contribution is 0.242. The molecule has 1 aliphatic rings. The van der Waals surface area contributed by atoms with E-state index in [9.17, 15) is 0 Å². The molecule has 18 heavy (non-hydrogen) atoms. The van der Waals surface area contributed by atoms with Crippen LogP contribution in [0.15, 0.2) is 18.3 Å². The Labute approximate surface area is 110 Å². The highest BCUT2D eigenvalue weighted by Crippen LogP contribution is 2.29. The third kappa shape index (κ3) is 3.62. The van der Waals surface area contributed by atoms with E-state index in [1.54, 1.807) is 0 Å². The molecule has 100 valence electrons. The number of anilines is 1. The molecule has 2 unspecified atom stereocenters. The van der Waals surface area contributed by atoms with E-state index >= 15 is 0 Å². The summed E-state index contributed by atoms with van der Waals surface area (Å²) in [7, 11) is 0. The lowest BCUT2D eigenvalue weighted by atomic mass is 9.87. The molecule has 1 aromatic rings. The first kappa shape index (κ1) is 13.2. The third-order valence-electron chi connectivity index (χ3n) is 3.41. The van der Waals surface area contributed by atoms with E-state index in [1.165, 1.54) is 25.7 Å². The van der Waals surface area contributed by atoms with Crippen molar-refractivity contribution in [3.63, 3.8) is 0 Å². The van der Waals surface area contributed by atoms with Gasteiger partial charge in [0.15, 0.2) is 11.6 Å². The summed E-state index contributed by atoms with van der Waals surface area (Å²) in [6.07, 6.45) is 7.14. The molecule has 0 spiro atoms. The van der Waals surface area contributed by atoms with E-state index in [2.05, 4.69) is 17.2 Å². The second-order valence-electron chi connectivity index (χ2n) is 5.63. The van der Waals surface area contributed by atoms with E-state index in [-0.39, 0.29) is 6.10 Å². The summed E-state index contributed by atoms with van der Waals surface area (Å²) >= 11 is 0. The van der Waals surface area contributed by atoms with Crippen molar-refractivity contribution in [1.82, 2.24) is 4.98 Å². The zero-order chi connectivity index (χ0) is 13.0. The normalized spacial score (nSPS) is 24.0. The molecule has 0 aromatic carbocycles. The number of hydrogen-bond donors (Lipinski definition) is 1. The van der Waals surface area contributed by atoms with Crippen LogP contribution in [0.2, 0.25) is 0 Å². The standard InChI is InChI=1S/C15H24N2O/c1-11(2)18-14-8-5-9-16-15(14)17-13-7-4-6-12(3)10-13/h5,8-9,11-13H,4,6-7,10H2,1-3H3,(H,16,17). The predicted octanol–water partition coefficient (Wildman–Crippen LogP) is 3.86. The summed E-state index contributed by atoms with van der Waals surface area (Å²) in [5.74, 6) is 2.57. The maximum atomic E-state index is 5.79. The molecule has 0 bridgehead atoms. The van der Waals surface area contributed by atoms with Gasteiger partial charge < -0.3 is 10.1 Å². The summed E-state index contributed by atoms with van der Waals surface area (Å²) in [5.41, 5.74) is 0. The SMILES string of the molecule is CC1CCCC(Nc2ncccc2OC(C)C)C1. The molecule has 1 heterocycles. The first-order chi connectivity index (χ1) is 8.65. The Morgan fingerprint density at radius 3 is 2.94 bits per heavy atom. The average molecular weight is 248 g/mol. The quantitative estimate of drug-likeness (QED) is 0.878. The molecule has 0 amide bonds. The lowest BCUT2D eigenvalue weighted by Gasteiger charge is -2.28. The second kappa shape index (κ2) is 6.07. The van der Waals surface area contributed by atoms with Gasteiger partial charge in [-0.25, -0.2) is 4.98 Å². The molecular weight excluding hydrogens is 224 g/mol. The van der Waals surface area contributed by atoms with Gasteiger partial charge in [0.05, 0.1) is 6.10 Å². The van der Waals surface area contributed by atoms with Crippen LogP contribution < -0.4 is 10.1 Å². The number of nitrogens with zero attached hydrogens (tertiary/aromatic N) is 1. The summed E-state index contributed by atoms with van der Waals surface area (Å²) in [6, 6.07) is 4.45. The number of rotatable bonds is 4. The number of ether oxygens (including phenoxy) is 1. The molecule has 1 fully saturated rings. The Kier molecular flexibility index (Phi) is 4.45. The van der Waals surface area contributed by atoms with Crippen LogP contribution in [0.1, 0.15) is 46.5 Å². The maximum absolute atomic E-state index is 5.79. The molecule has 0 saturated heterocycles. The minimum absolute atomic E-state index is 0.181. The molecule has 0 radical (unpaired) electrons. The highest BCUT2D eigenvalue weighted by Gasteiger charge is 2.20. The largest absolute Gasteiger partial charge is 0.487 e. The van der Waals surface area contributed by atoms with Gasteiger partial charge in [-0.1, -0.05) is 19.8 Å². The van der Waals surface area contributed by atoms with Crippen LogP contribution >= 0.6 is 0 Å². The molecule has 1 saturated carbocycles. The molecule has 3 heteroatoms. The fourth-order valence-electron chi connectivity index (χ4n) is 2.61. The molecule has 0 aliphatic heterocycles. The zero-order valence-corrected chi connectivity index (χ0v) is 11.6. The van der Waals surface area contributed by atoms with Crippen molar-refractivity contribution in [3.05, 3.63) is 18.3 Å². The van der Waals surface area contributed by atoms with Crippen LogP contribution in [0.4, 0.5) is 5.82 Å². The number of aromatic nitrogens is 1. The van der Waals surface area contributed by atoms with E-state index in [1.807, 2.05) is 32.2 Å². The predicted molar refractivity (Wildman–Crippen MR) is 75.0 cm³/mol. The molecule has 1 aromatic heterocycles. The van der Waals surface area contributed by atoms with Crippen molar-refractivity contribution in [1.29, 1.82) is 0 Å². The summed E-state index contributed by atoms with van der Waals surface area (Å²) in [6.45, 7) is 6.41. The van der Waals surface area contributed by atoms with Crippen molar-refractivity contribution >= 4 is 5.82 Å². The van der Waals surface area contributed by atoms with Crippen LogP contribution in [0.5, 0.6) is 5.75 Å². The van der Waals surface area contributed by atoms with Gasteiger partial charge in [0.25, 0.3) is 0 Å². The first-order valence-electron chi connectivity index (χ1n) is 7.03. The van der Waals surface area contributed by atoms with Crippen molar-refractivity contribution in [2.45, 2.75) is 58.6 Å². The second-order valence-corrected chi connectivity index (χ2v) is 5.63. The summed E-state index contributed by atoms with van der Waals surface area (Å²) in [5, 5.41) is 3.55. The molecule has 2 atom stereocenters. The maximum Gasteiger partial charge on any atom is 0.168 e. The minimum atomic E-state index is 0.181. The smallest absolute Gasteiger partial charge is 0.168 e. The number of nitrogens with one attached hydrogen (secondary N) is 1. The van der Waals surface area contributed by atoms with E-state index < -0.39 is 0 Å². The van der Waals surface area contributed by atoms with Crippen LogP contribution in [0.25, 0.3) is 0 Å². The molecule has 2 rings (SSSR count). The van der Waals surface area contributed by atoms with Crippen molar-refractivity contribution < 1.29 is 4.74 Å². The summed E-state index contributed by atoms with van der Waals surface area (Å²) in [4.78, 5) is 4.41. The van der Waals surface area contributed by atoms with Gasteiger partial charge in [-0.2, -0.15) is 0 Å². The van der Waals surface area contributed by atoms with Crippen molar-refractivity contribution in [2.75, 3.05) is 5.32 Å².